The van der Waals surface area contributed by atoms with Gasteiger partial charge in [-0.2, -0.15) is 0 Å². The van der Waals surface area contributed by atoms with Crippen LogP contribution in [0, 0.1) is 6.92 Å². The minimum absolute atomic E-state index is 0.306. The molecule has 1 atom stereocenters. The highest BCUT2D eigenvalue weighted by Crippen LogP contribution is 1.99. The van der Waals surface area contributed by atoms with Gasteiger partial charge >= 0.3 is 0 Å². The van der Waals surface area contributed by atoms with E-state index in [0.29, 0.717) is 0 Å². The van der Waals surface area contributed by atoms with Crippen LogP contribution in [0.5, 0.6) is 0 Å². The molecule has 0 bridgehead atoms. The maximum atomic E-state index is 11.2. The summed E-state index contributed by atoms with van der Waals surface area (Å²) in [6.07, 6.45) is -2.62. The zero-order valence-corrected chi connectivity index (χ0v) is 3.90. The van der Waals surface area contributed by atoms with Gasteiger partial charge in [-0.1, -0.05) is 0 Å². The van der Waals surface area contributed by atoms with Crippen molar-refractivity contribution in [3.8, 4) is 0 Å². The van der Waals surface area contributed by atoms with E-state index in [-0.39, 0.29) is 6.42 Å². The second kappa shape index (κ2) is 2.91. The monoisotopic (exact) mass is 108 g/mol. The Morgan fingerprint density at radius 3 is 2.00 bits per heavy atom. The van der Waals surface area contributed by atoms with Gasteiger partial charge in [0.25, 0.3) is 0 Å². The lowest BCUT2D eigenvalue weighted by Crippen LogP contribution is -2.18. The van der Waals surface area contributed by atoms with E-state index in [1.807, 2.05) is 0 Å². The van der Waals surface area contributed by atoms with Crippen molar-refractivity contribution in [3.05, 3.63) is 6.92 Å². The fraction of sp³-hybridized carbons (Fsp3) is 0.750. The average molecular weight is 108 g/mol. The average Bonchev–Trinajstić information content (AvgIpc) is 1.27. The third-order valence-corrected chi connectivity index (χ3v) is 0.481. The molecule has 0 rings (SSSR count). The minimum Gasteiger partial charge on any atom is -0.327 e. The number of halogens is 2. The quantitative estimate of drug-likeness (QED) is 0.556. The summed E-state index contributed by atoms with van der Waals surface area (Å²) in [6, 6.07) is -0.625. The van der Waals surface area contributed by atoms with Gasteiger partial charge in [0.1, 0.15) is 0 Å². The van der Waals surface area contributed by atoms with Gasteiger partial charge in [0, 0.05) is 12.5 Å². The number of hydrogen-bond donors (Lipinski definition) is 1. The van der Waals surface area contributed by atoms with Crippen LogP contribution in [0.15, 0.2) is 0 Å². The molecule has 0 saturated heterocycles. The van der Waals surface area contributed by atoms with Gasteiger partial charge in [-0.05, 0) is 6.92 Å². The molecule has 7 heavy (non-hydrogen) atoms. The van der Waals surface area contributed by atoms with Crippen LogP contribution in [0.3, 0.4) is 0 Å². The van der Waals surface area contributed by atoms with Crippen LogP contribution >= 0.6 is 0 Å². The summed E-state index contributed by atoms with van der Waals surface area (Å²) in [7, 11) is 0. The summed E-state index contributed by atoms with van der Waals surface area (Å²) in [5.74, 6) is 0. The number of hydrogen-bond acceptors (Lipinski definition) is 1. The first-order valence-electron chi connectivity index (χ1n) is 1.99. The normalized spacial score (nSPS) is 15.0. The Kier molecular flexibility index (Phi) is 2.83. The lowest BCUT2D eigenvalue weighted by atomic mass is 10.3. The van der Waals surface area contributed by atoms with Crippen LogP contribution < -0.4 is 5.73 Å². The van der Waals surface area contributed by atoms with Crippen molar-refractivity contribution >= 4 is 0 Å². The van der Waals surface area contributed by atoms with Crippen LogP contribution in [-0.2, 0) is 0 Å². The molecule has 0 amide bonds. The second-order valence-corrected chi connectivity index (χ2v) is 1.39. The molecule has 3 heteroatoms. The molecule has 0 aromatic rings. The van der Waals surface area contributed by atoms with Gasteiger partial charge in [-0.25, -0.2) is 8.78 Å². The van der Waals surface area contributed by atoms with E-state index >= 15 is 0 Å². The van der Waals surface area contributed by atoms with Crippen molar-refractivity contribution in [3.63, 3.8) is 0 Å². The van der Waals surface area contributed by atoms with Gasteiger partial charge in [0.2, 0.25) is 6.43 Å². The Balaban J connectivity index is 2.95. The predicted molar refractivity (Wildman–Crippen MR) is 24.0 cm³/mol. The lowest BCUT2D eigenvalue weighted by Gasteiger charge is -1.99. The molecular weight excluding hydrogens is 100 g/mol. The van der Waals surface area contributed by atoms with Crippen LogP contribution in [0.2, 0.25) is 0 Å². The largest absolute Gasteiger partial charge is 0.327 e. The summed E-state index contributed by atoms with van der Waals surface area (Å²) < 4.78 is 22.3. The van der Waals surface area contributed by atoms with E-state index in [1.165, 1.54) is 0 Å². The Labute approximate surface area is 41.5 Å². The van der Waals surface area contributed by atoms with E-state index in [1.54, 1.807) is 0 Å². The topological polar surface area (TPSA) is 26.0 Å². The first-order chi connectivity index (χ1) is 3.13. The Hall–Kier alpha value is -0.180. The maximum absolute atomic E-state index is 11.2. The van der Waals surface area contributed by atoms with Crippen molar-refractivity contribution in [2.24, 2.45) is 5.73 Å². The molecule has 0 aliphatic rings. The highest BCUT2D eigenvalue weighted by atomic mass is 19.3. The Morgan fingerprint density at radius 2 is 2.00 bits per heavy atom. The zero-order chi connectivity index (χ0) is 5.86. The minimum atomic E-state index is -2.31. The van der Waals surface area contributed by atoms with E-state index in [2.05, 4.69) is 6.92 Å². The summed E-state index contributed by atoms with van der Waals surface area (Å²) in [6.45, 7) is 3.18. The van der Waals surface area contributed by atoms with Gasteiger partial charge in [-0.15, -0.1) is 0 Å². The van der Waals surface area contributed by atoms with Crippen molar-refractivity contribution in [1.29, 1.82) is 0 Å². The van der Waals surface area contributed by atoms with Crippen molar-refractivity contribution < 1.29 is 8.78 Å². The molecule has 0 saturated carbocycles. The Bertz CT molecular complexity index is 39.0. The molecule has 0 fully saturated rings. The Morgan fingerprint density at radius 1 is 1.57 bits per heavy atom. The molecule has 0 aromatic carbocycles. The first kappa shape index (κ1) is 6.82. The van der Waals surface area contributed by atoms with Crippen LogP contribution in [0.25, 0.3) is 0 Å². The van der Waals surface area contributed by atoms with Gasteiger partial charge < -0.3 is 5.73 Å². The summed E-state index contributed by atoms with van der Waals surface area (Å²) >= 11 is 0. The molecule has 0 aliphatic heterocycles. The van der Waals surface area contributed by atoms with Crippen LogP contribution in [-0.4, -0.2) is 12.5 Å². The van der Waals surface area contributed by atoms with Gasteiger partial charge in [-0.3, -0.25) is 0 Å². The molecule has 0 heterocycles. The molecule has 1 nitrogen and oxygen atoms in total. The van der Waals surface area contributed by atoms with Gasteiger partial charge in [0.15, 0.2) is 0 Å². The molecule has 0 spiro atoms. The lowest BCUT2D eigenvalue weighted by molar-refractivity contribution is 0.133. The third kappa shape index (κ3) is 5.82. The van der Waals surface area contributed by atoms with Crippen molar-refractivity contribution in [2.75, 3.05) is 0 Å². The third-order valence-electron chi connectivity index (χ3n) is 0.481. The number of nitrogens with two attached hydrogens (primary N) is 1. The van der Waals surface area contributed by atoms with Crippen LogP contribution in [0.1, 0.15) is 6.42 Å². The van der Waals surface area contributed by atoms with Crippen LogP contribution in [0.4, 0.5) is 8.78 Å². The molecule has 0 aliphatic carbocycles. The predicted octanol–water partition coefficient (Wildman–Crippen LogP) is 0.803. The first-order valence-corrected chi connectivity index (χ1v) is 1.99. The van der Waals surface area contributed by atoms with E-state index in [4.69, 9.17) is 5.73 Å². The van der Waals surface area contributed by atoms with E-state index < -0.39 is 12.5 Å². The summed E-state index contributed by atoms with van der Waals surface area (Å²) in [5, 5.41) is 0. The van der Waals surface area contributed by atoms with Gasteiger partial charge in [0.05, 0.1) is 0 Å². The smallest absolute Gasteiger partial charge is 0.240 e. The molecule has 0 aromatic heterocycles. The van der Waals surface area contributed by atoms with Crippen molar-refractivity contribution in [2.45, 2.75) is 18.9 Å². The molecular formula is C4H8F2N. The van der Waals surface area contributed by atoms with E-state index in [0.717, 1.165) is 0 Å². The molecule has 1 radical (unpaired) electrons. The summed E-state index contributed by atoms with van der Waals surface area (Å²) in [4.78, 5) is 0. The summed E-state index contributed by atoms with van der Waals surface area (Å²) in [5.41, 5.74) is 4.90. The highest BCUT2D eigenvalue weighted by Gasteiger charge is 2.03. The fourth-order valence-corrected chi connectivity index (χ4v) is 0.229. The van der Waals surface area contributed by atoms with Crippen molar-refractivity contribution in [1.82, 2.24) is 0 Å². The standard InChI is InChI=1S/C4H8F2N/c1-3(7)2-4(5)6/h3-4H,1-2,7H2. The number of alkyl halides is 2. The molecule has 1 unspecified atom stereocenters. The fourth-order valence-electron chi connectivity index (χ4n) is 0.229. The number of rotatable bonds is 2. The SMILES string of the molecule is [CH2]C(N)CC(F)F. The zero-order valence-electron chi connectivity index (χ0n) is 3.90. The molecule has 43 valence electrons. The molecule has 2 N–H and O–H groups in total. The second-order valence-electron chi connectivity index (χ2n) is 1.39. The highest BCUT2D eigenvalue weighted by molar-refractivity contribution is 4.62. The van der Waals surface area contributed by atoms with E-state index in [9.17, 15) is 8.78 Å². The maximum Gasteiger partial charge on any atom is 0.240 e.